The second-order valence-corrected chi connectivity index (χ2v) is 7.42. The molecule has 0 atom stereocenters. The third-order valence-electron chi connectivity index (χ3n) is 5.31. The number of hydrogen-bond donors (Lipinski definition) is 2. The van der Waals surface area contributed by atoms with E-state index in [0.29, 0.717) is 38.7 Å². The molecule has 162 valence electrons. The number of halogens is 1. The van der Waals surface area contributed by atoms with Gasteiger partial charge in [-0.05, 0) is 49.4 Å². The Morgan fingerprint density at radius 1 is 0.939 bits per heavy atom. The summed E-state index contributed by atoms with van der Waals surface area (Å²) in [6.07, 6.45) is 3.32. The van der Waals surface area contributed by atoms with Crippen molar-refractivity contribution in [2.45, 2.75) is 6.92 Å². The predicted molar refractivity (Wildman–Crippen MR) is 121 cm³/mol. The zero-order valence-corrected chi connectivity index (χ0v) is 17.4. The molecule has 7 nitrogen and oxygen atoms in total. The fourth-order valence-electron chi connectivity index (χ4n) is 3.67. The Hall–Kier alpha value is -4.59. The number of pyridine rings is 2. The molecule has 3 aromatic heterocycles. The third kappa shape index (κ3) is 3.78. The van der Waals surface area contributed by atoms with Crippen molar-refractivity contribution in [3.63, 3.8) is 0 Å². The van der Waals surface area contributed by atoms with E-state index in [0.717, 1.165) is 5.56 Å². The average molecular weight is 440 g/mol. The van der Waals surface area contributed by atoms with Crippen LogP contribution in [0.2, 0.25) is 0 Å². The highest BCUT2D eigenvalue weighted by Crippen LogP contribution is 2.26. The Morgan fingerprint density at radius 2 is 1.76 bits per heavy atom. The van der Waals surface area contributed by atoms with Crippen LogP contribution in [-0.4, -0.2) is 21.8 Å². The molecule has 3 heterocycles. The summed E-state index contributed by atoms with van der Waals surface area (Å²) in [5.41, 5.74) is 7.97. The highest BCUT2D eigenvalue weighted by atomic mass is 19.1. The molecule has 0 saturated heterocycles. The second-order valence-electron chi connectivity index (χ2n) is 7.42. The Kier molecular flexibility index (Phi) is 5.02. The smallest absolute Gasteiger partial charge is 0.305 e. The molecule has 0 saturated carbocycles. The lowest BCUT2D eigenvalue weighted by molar-refractivity contribution is 0.0832. The molecule has 0 aliphatic carbocycles. The summed E-state index contributed by atoms with van der Waals surface area (Å²) >= 11 is 0. The monoisotopic (exact) mass is 440 g/mol. The first-order valence-corrected chi connectivity index (χ1v) is 10.1. The topological polar surface area (TPSA) is 97.1 Å². The number of hydrogen-bond acceptors (Lipinski definition) is 5. The minimum absolute atomic E-state index is 0.00784. The molecule has 2 N–H and O–H groups in total. The number of fused-ring (bicyclic) bond motifs is 2. The van der Waals surface area contributed by atoms with E-state index in [-0.39, 0.29) is 5.76 Å². The minimum Gasteiger partial charge on any atom is -0.451 e. The molecule has 0 aliphatic rings. The molecule has 0 fully saturated rings. The van der Waals surface area contributed by atoms with Crippen LogP contribution < -0.4 is 10.9 Å². The molecule has 0 spiro atoms. The quantitative estimate of drug-likeness (QED) is 0.401. The number of rotatable bonds is 3. The number of carbonyl (C=O) groups excluding carboxylic acids is 2. The van der Waals surface area contributed by atoms with Gasteiger partial charge in [-0.2, -0.15) is 0 Å². The number of amides is 2. The van der Waals surface area contributed by atoms with E-state index in [1.807, 2.05) is 18.2 Å². The predicted octanol–water partition coefficient (Wildman–Crippen LogP) is 4.57. The Bertz CT molecular complexity index is 1530. The van der Waals surface area contributed by atoms with Crippen LogP contribution >= 0.6 is 0 Å². The van der Waals surface area contributed by atoms with Gasteiger partial charge in [0.25, 0.3) is 5.91 Å². The molecule has 0 aliphatic heterocycles. The number of para-hydroxylation sites is 1. The van der Waals surface area contributed by atoms with Crippen molar-refractivity contribution in [3.05, 3.63) is 95.8 Å². The van der Waals surface area contributed by atoms with Crippen molar-refractivity contribution in [3.8, 4) is 11.3 Å². The maximum absolute atomic E-state index is 13.5. The van der Waals surface area contributed by atoms with Crippen molar-refractivity contribution in [1.82, 2.24) is 20.8 Å². The van der Waals surface area contributed by atoms with Crippen LogP contribution in [0.3, 0.4) is 0 Å². The number of carbonyl (C=O) groups is 2. The van der Waals surface area contributed by atoms with E-state index in [1.165, 1.54) is 18.2 Å². The molecule has 0 radical (unpaired) electrons. The number of nitrogens with one attached hydrogen (secondary N) is 2. The Balaban J connectivity index is 1.44. The summed E-state index contributed by atoms with van der Waals surface area (Å²) in [4.78, 5) is 34.4. The van der Waals surface area contributed by atoms with Gasteiger partial charge in [0.15, 0.2) is 5.76 Å². The molecule has 0 bridgehead atoms. The van der Waals surface area contributed by atoms with Crippen molar-refractivity contribution in [1.29, 1.82) is 0 Å². The van der Waals surface area contributed by atoms with Gasteiger partial charge in [0.2, 0.25) is 0 Å². The molecule has 0 unspecified atom stereocenters. The fourth-order valence-corrected chi connectivity index (χ4v) is 3.67. The standard InChI is InChI=1S/C25H17FN4O3/c1-14-18-11-16(26)8-9-22(18)33-23(14)25(32)30-29-24(31)19-12-21(15-5-4-10-27-13-15)28-20-7-3-2-6-17(19)20/h2-13H,1H3,(H,29,31)(H,30,32). The third-order valence-corrected chi connectivity index (χ3v) is 5.31. The number of furan rings is 1. The minimum atomic E-state index is -0.650. The summed E-state index contributed by atoms with van der Waals surface area (Å²) in [5, 5.41) is 1.12. The van der Waals surface area contributed by atoms with Crippen LogP contribution in [0.5, 0.6) is 0 Å². The van der Waals surface area contributed by atoms with Crippen LogP contribution in [0.1, 0.15) is 26.5 Å². The van der Waals surface area contributed by atoms with E-state index in [9.17, 15) is 14.0 Å². The summed E-state index contributed by atoms with van der Waals surface area (Å²) in [7, 11) is 0. The summed E-state index contributed by atoms with van der Waals surface area (Å²) in [6.45, 7) is 1.65. The normalized spacial score (nSPS) is 11.0. The lowest BCUT2D eigenvalue weighted by Gasteiger charge is -2.11. The maximum atomic E-state index is 13.5. The molecule has 8 heteroatoms. The second kappa shape index (κ2) is 8.16. The Labute approximate surface area is 187 Å². The van der Waals surface area contributed by atoms with Crippen LogP contribution in [0.25, 0.3) is 33.1 Å². The van der Waals surface area contributed by atoms with Gasteiger partial charge in [0.1, 0.15) is 11.4 Å². The van der Waals surface area contributed by atoms with E-state index < -0.39 is 17.6 Å². The summed E-state index contributed by atoms with van der Waals surface area (Å²) in [6, 6.07) is 16.5. The van der Waals surface area contributed by atoms with Gasteiger partial charge >= 0.3 is 5.91 Å². The lowest BCUT2D eigenvalue weighted by atomic mass is 10.0. The summed E-state index contributed by atoms with van der Waals surface area (Å²) < 4.78 is 19.1. The van der Waals surface area contributed by atoms with Crippen LogP contribution in [0.15, 0.2) is 77.5 Å². The molecule has 5 aromatic rings. The number of hydrazine groups is 1. The molecule has 5 rings (SSSR count). The van der Waals surface area contributed by atoms with E-state index in [2.05, 4.69) is 20.8 Å². The molecular formula is C25H17FN4O3. The van der Waals surface area contributed by atoms with E-state index in [4.69, 9.17) is 4.42 Å². The van der Waals surface area contributed by atoms with Gasteiger partial charge in [-0.15, -0.1) is 0 Å². The van der Waals surface area contributed by atoms with Crippen molar-refractivity contribution in [2.75, 3.05) is 0 Å². The first-order valence-electron chi connectivity index (χ1n) is 10.1. The number of aryl methyl sites for hydroxylation is 1. The van der Waals surface area contributed by atoms with Crippen LogP contribution in [-0.2, 0) is 0 Å². The highest BCUT2D eigenvalue weighted by molar-refractivity contribution is 6.08. The largest absolute Gasteiger partial charge is 0.451 e. The van der Waals surface area contributed by atoms with Crippen LogP contribution in [0, 0.1) is 12.7 Å². The number of nitrogens with zero attached hydrogens (tertiary/aromatic N) is 2. The van der Waals surface area contributed by atoms with Gasteiger partial charge in [0.05, 0.1) is 16.8 Å². The fraction of sp³-hybridized carbons (Fsp3) is 0.0400. The first-order chi connectivity index (χ1) is 16.0. The molecular weight excluding hydrogens is 423 g/mol. The van der Waals surface area contributed by atoms with Gasteiger partial charge in [-0.3, -0.25) is 25.4 Å². The summed E-state index contributed by atoms with van der Waals surface area (Å²) in [5.74, 6) is -1.61. The maximum Gasteiger partial charge on any atom is 0.305 e. The zero-order chi connectivity index (χ0) is 22.9. The van der Waals surface area contributed by atoms with Crippen molar-refractivity contribution >= 4 is 33.7 Å². The van der Waals surface area contributed by atoms with Gasteiger partial charge in [-0.1, -0.05) is 18.2 Å². The van der Waals surface area contributed by atoms with Gasteiger partial charge < -0.3 is 4.42 Å². The van der Waals surface area contributed by atoms with Crippen molar-refractivity contribution in [2.24, 2.45) is 0 Å². The molecule has 2 aromatic carbocycles. The lowest BCUT2D eigenvalue weighted by Crippen LogP contribution is -2.41. The molecule has 2 amide bonds. The zero-order valence-electron chi connectivity index (χ0n) is 17.4. The van der Waals surface area contributed by atoms with Crippen molar-refractivity contribution < 1.29 is 18.4 Å². The van der Waals surface area contributed by atoms with E-state index in [1.54, 1.807) is 43.6 Å². The highest BCUT2D eigenvalue weighted by Gasteiger charge is 2.20. The number of benzene rings is 2. The molecule has 33 heavy (non-hydrogen) atoms. The average Bonchev–Trinajstić information content (AvgIpc) is 3.18. The first kappa shape index (κ1) is 20.3. The SMILES string of the molecule is Cc1c(C(=O)NNC(=O)c2cc(-c3cccnc3)nc3ccccc23)oc2ccc(F)cc12. The number of aromatic nitrogens is 2. The van der Waals surface area contributed by atoms with Crippen LogP contribution in [0.4, 0.5) is 4.39 Å². The van der Waals surface area contributed by atoms with Gasteiger partial charge in [-0.25, -0.2) is 9.37 Å². The van der Waals surface area contributed by atoms with Gasteiger partial charge in [0, 0.05) is 34.3 Å². The van der Waals surface area contributed by atoms with E-state index >= 15 is 0 Å². The Morgan fingerprint density at radius 3 is 2.58 bits per heavy atom.